The third-order valence-corrected chi connectivity index (χ3v) is 2.56. The van der Waals surface area contributed by atoms with E-state index in [1.54, 1.807) is 36.7 Å². The maximum absolute atomic E-state index is 10.7. The summed E-state index contributed by atoms with van der Waals surface area (Å²) in [6.45, 7) is 0. The van der Waals surface area contributed by atoms with E-state index in [9.17, 15) is 4.79 Å². The molecule has 2 rings (SSSR count). The Bertz CT molecular complexity index is 543. The van der Waals surface area contributed by atoms with Crippen LogP contribution in [0.4, 0.5) is 0 Å². The highest BCUT2D eigenvalue weighted by Gasteiger charge is 2.09. The van der Waals surface area contributed by atoms with E-state index in [1.165, 1.54) is 0 Å². The monoisotopic (exact) mass is 248 g/mol. The predicted molar refractivity (Wildman–Crippen MR) is 63.8 cm³/mol. The summed E-state index contributed by atoms with van der Waals surface area (Å²) < 4.78 is 0. The highest BCUT2D eigenvalue weighted by molar-refractivity contribution is 6.31. The first kappa shape index (κ1) is 11.5. The quantitative estimate of drug-likeness (QED) is 0.906. The van der Waals surface area contributed by atoms with Gasteiger partial charge in [-0.25, -0.2) is 0 Å². The molecule has 1 N–H and O–H groups in total. The summed E-state index contributed by atoms with van der Waals surface area (Å²) in [6.07, 6.45) is 3.13. The Morgan fingerprint density at radius 1 is 1.24 bits per heavy atom. The Balaban J connectivity index is 2.41. The first-order valence-corrected chi connectivity index (χ1v) is 5.32. The Hall–Kier alpha value is -1.94. The zero-order chi connectivity index (χ0) is 12.3. The number of carboxylic acids is 1. The number of aromatic nitrogens is 2. The maximum Gasteiger partial charge on any atom is 0.309 e. The molecule has 17 heavy (non-hydrogen) atoms. The van der Waals surface area contributed by atoms with Crippen LogP contribution in [0.15, 0.2) is 36.7 Å². The van der Waals surface area contributed by atoms with Crippen molar-refractivity contribution < 1.29 is 9.90 Å². The van der Waals surface area contributed by atoms with Crippen molar-refractivity contribution >= 4 is 17.6 Å². The Kier molecular flexibility index (Phi) is 3.35. The van der Waals surface area contributed by atoms with E-state index in [1.807, 2.05) is 0 Å². The van der Waals surface area contributed by atoms with E-state index in [2.05, 4.69) is 9.97 Å². The normalized spacial score (nSPS) is 10.2. The molecule has 0 spiro atoms. The molecule has 2 aromatic rings. The molecule has 0 fully saturated rings. The Morgan fingerprint density at radius 3 is 2.59 bits per heavy atom. The van der Waals surface area contributed by atoms with Crippen LogP contribution < -0.4 is 0 Å². The summed E-state index contributed by atoms with van der Waals surface area (Å²) in [5.74, 6) is -0.953. The van der Waals surface area contributed by atoms with Crippen molar-refractivity contribution in [1.82, 2.24) is 9.97 Å². The fourth-order valence-corrected chi connectivity index (χ4v) is 1.61. The van der Waals surface area contributed by atoms with Gasteiger partial charge in [0.05, 0.1) is 22.8 Å². The van der Waals surface area contributed by atoms with Gasteiger partial charge in [-0.3, -0.25) is 14.8 Å². The van der Waals surface area contributed by atoms with Crippen molar-refractivity contribution in [3.05, 3.63) is 47.4 Å². The van der Waals surface area contributed by atoms with E-state index in [-0.39, 0.29) is 6.42 Å². The van der Waals surface area contributed by atoms with Crippen molar-refractivity contribution in [3.63, 3.8) is 0 Å². The number of nitrogens with zero attached hydrogens (tertiary/aromatic N) is 2. The summed E-state index contributed by atoms with van der Waals surface area (Å²) in [5.41, 5.74) is 1.94. The summed E-state index contributed by atoms with van der Waals surface area (Å²) in [6, 6.07) is 7.02. The highest BCUT2D eigenvalue weighted by Crippen LogP contribution is 2.21. The second-order valence-electron chi connectivity index (χ2n) is 3.43. The standard InChI is InChI=1S/C12H9ClN2O2/c13-9-1-2-10(8-3-5-14-6-4-8)15-11(9)7-12(16)17/h1-6H,7H2,(H,16,17). The van der Waals surface area contributed by atoms with Crippen LogP contribution in [0.1, 0.15) is 5.69 Å². The van der Waals surface area contributed by atoms with Gasteiger partial charge in [-0.05, 0) is 24.3 Å². The molecule has 86 valence electrons. The molecule has 0 amide bonds. The zero-order valence-corrected chi connectivity index (χ0v) is 9.55. The average molecular weight is 249 g/mol. The second kappa shape index (κ2) is 4.93. The van der Waals surface area contributed by atoms with E-state index >= 15 is 0 Å². The third-order valence-electron chi connectivity index (χ3n) is 2.21. The zero-order valence-electron chi connectivity index (χ0n) is 8.80. The lowest BCUT2D eigenvalue weighted by Gasteiger charge is -2.04. The van der Waals surface area contributed by atoms with Crippen LogP contribution in [0.25, 0.3) is 11.3 Å². The summed E-state index contributed by atoms with van der Waals surface area (Å²) in [4.78, 5) is 18.8. The lowest BCUT2D eigenvalue weighted by Crippen LogP contribution is -2.03. The molecule has 0 saturated heterocycles. The number of pyridine rings is 2. The van der Waals surface area contributed by atoms with E-state index in [0.717, 1.165) is 5.56 Å². The molecule has 0 aliphatic rings. The molecule has 0 bridgehead atoms. The lowest BCUT2D eigenvalue weighted by molar-refractivity contribution is -0.136. The van der Waals surface area contributed by atoms with Crippen LogP contribution in [-0.2, 0) is 11.2 Å². The number of carboxylic acid groups (broad SMARTS) is 1. The van der Waals surface area contributed by atoms with Gasteiger partial charge < -0.3 is 5.11 Å². The molecular weight excluding hydrogens is 240 g/mol. The lowest BCUT2D eigenvalue weighted by atomic mass is 10.1. The number of hydrogen-bond donors (Lipinski definition) is 1. The van der Waals surface area contributed by atoms with Crippen LogP contribution in [0, 0.1) is 0 Å². The Morgan fingerprint density at radius 2 is 1.94 bits per heavy atom. The van der Waals surface area contributed by atoms with Crippen molar-refractivity contribution in [1.29, 1.82) is 0 Å². The molecule has 5 heteroatoms. The SMILES string of the molecule is O=C(O)Cc1nc(-c2ccncc2)ccc1Cl. The minimum atomic E-state index is -0.953. The van der Waals surface area contributed by atoms with Gasteiger partial charge in [0, 0.05) is 18.0 Å². The largest absolute Gasteiger partial charge is 0.481 e. The van der Waals surface area contributed by atoms with Crippen molar-refractivity contribution in [2.45, 2.75) is 6.42 Å². The molecular formula is C12H9ClN2O2. The molecule has 0 aliphatic heterocycles. The fourth-order valence-electron chi connectivity index (χ4n) is 1.44. The molecule has 2 heterocycles. The summed E-state index contributed by atoms with van der Waals surface area (Å²) >= 11 is 5.89. The van der Waals surface area contributed by atoms with Crippen LogP contribution in [-0.4, -0.2) is 21.0 Å². The van der Waals surface area contributed by atoms with Crippen LogP contribution in [0.2, 0.25) is 5.02 Å². The fraction of sp³-hybridized carbons (Fsp3) is 0.0833. The number of carbonyl (C=O) groups is 1. The number of rotatable bonds is 3. The molecule has 0 unspecified atom stereocenters. The van der Waals surface area contributed by atoms with Gasteiger partial charge in [0.15, 0.2) is 0 Å². The molecule has 0 radical (unpaired) electrons. The molecule has 0 aliphatic carbocycles. The van der Waals surface area contributed by atoms with Crippen molar-refractivity contribution in [3.8, 4) is 11.3 Å². The van der Waals surface area contributed by atoms with Gasteiger partial charge in [0.1, 0.15) is 0 Å². The minimum absolute atomic E-state index is 0.183. The van der Waals surface area contributed by atoms with Gasteiger partial charge in [0.25, 0.3) is 0 Å². The van der Waals surface area contributed by atoms with E-state index < -0.39 is 5.97 Å². The van der Waals surface area contributed by atoms with E-state index in [4.69, 9.17) is 16.7 Å². The molecule has 4 nitrogen and oxygen atoms in total. The van der Waals surface area contributed by atoms with Crippen LogP contribution in [0.3, 0.4) is 0 Å². The van der Waals surface area contributed by atoms with Crippen LogP contribution in [0.5, 0.6) is 0 Å². The van der Waals surface area contributed by atoms with Gasteiger partial charge in [0.2, 0.25) is 0 Å². The molecule has 0 saturated carbocycles. The second-order valence-corrected chi connectivity index (χ2v) is 3.84. The predicted octanol–water partition coefficient (Wildman–Crippen LogP) is 2.42. The molecule has 0 aromatic carbocycles. The number of halogens is 1. The highest BCUT2D eigenvalue weighted by atomic mass is 35.5. The first-order chi connectivity index (χ1) is 8.16. The summed E-state index contributed by atoms with van der Waals surface area (Å²) in [7, 11) is 0. The van der Waals surface area contributed by atoms with Gasteiger partial charge >= 0.3 is 5.97 Å². The number of hydrogen-bond acceptors (Lipinski definition) is 3. The summed E-state index contributed by atoms with van der Waals surface area (Å²) in [5, 5.41) is 9.11. The Labute approximate surface area is 103 Å². The maximum atomic E-state index is 10.7. The van der Waals surface area contributed by atoms with Crippen LogP contribution >= 0.6 is 11.6 Å². The van der Waals surface area contributed by atoms with Crippen molar-refractivity contribution in [2.75, 3.05) is 0 Å². The molecule has 0 atom stereocenters. The topological polar surface area (TPSA) is 63.1 Å². The average Bonchev–Trinajstić information content (AvgIpc) is 2.32. The minimum Gasteiger partial charge on any atom is -0.481 e. The third kappa shape index (κ3) is 2.79. The molecule has 2 aromatic heterocycles. The smallest absolute Gasteiger partial charge is 0.309 e. The first-order valence-electron chi connectivity index (χ1n) is 4.94. The number of aliphatic carboxylic acids is 1. The van der Waals surface area contributed by atoms with Gasteiger partial charge in [-0.1, -0.05) is 11.6 Å². The van der Waals surface area contributed by atoms with Gasteiger partial charge in [-0.2, -0.15) is 0 Å². The van der Waals surface area contributed by atoms with Crippen molar-refractivity contribution in [2.24, 2.45) is 0 Å². The van der Waals surface area contributed by atoms with E-state index in [0.29, 0.717) is 16.4 Å². The van der Waals surface area contributed by atoms with Gasteiger partial charge in [-0.15, -0.1) is 0 Å².